The van der Waals surface area contributed by atoms with E-state index in [0.29, 0.717) is 11.0 Å². The van der Waals surface area contributed by atoms with Crippen molar-refractivity contribution in [1.82, 2.24) is 20.9 Å². The van der Waals surface area contributed by atoms with Gasteiger partial charge in [-0.05, 0) is 55.5 Å². The lowest BCUT2D eigenvalue weighted by Crippen LogP contribution is -2.47. The van der Waals surface area contributed by atoms with Crippen LogP contribution in [0.25, 0.3) is 0 Å². The SMILES string of the molecule is CN(C(=O)[C@@H]1COC(=O)N1)c1ccc(F)c(Cl)c1F.Cc1cc(C(F)(F)F)cc(N2C(=O)OC[C@H]2C(=O)N(C)c2ccc(F)c(Cl)c2F)n1.O=C1N[C@H](C(=O)Nc2ccc(F)c(Cl)c2F)CO1.O=C1N[C@H](C(=O)O)CO1. The Morgan fingerprint density at radius 3 is 1.55 bits per heavy atom. The Bertz CT molecular complexity index is 2980. The standard InChI is InChI=1S/C18H13ClF5N3O3.C11H9ClF2N2O3.C10H7ClF2N2O3.C4H5NO4/c1-8-5-9(18(22,23)24)6-13(25-8)27-12(7-30-17(27)29)16(28)26(2)11-4-3-10(20)14(19)15(11)21;1-16(10(17)6-4-19-11(18)15-6)7-3-2-5(13)8(12)9(7)14;11-7-4(12)1-2-5(8(7)13)14-9(16)6-3-18-10(17)15-6;6-3(7)2-1-9-4(8)5-2/h3-6,12H,7H2,1-2H3;2-3,6H,4H2,1H3,(H,15,18);1-2,6H,3H2,(H,14,16)(H,15,17);2H,1H2,(H,5,8)(H,6,7)/t12-;2*6-;2-/m0000/s1. The highest BCUT2D eigenvalue weighted by atomic mass is 35.5. The summed E-state index contributed by atoms with van der Waals surface area (Å²) in [6.07, 6.45) is -7.92. The molecule has 4 atom stereocenters. The normalized spacial score (nSPS) is 18.3. The van der Waals surface area contributed by atoms with Gasteiger partial charge in [-0.3, -0.25) is 14.4 Å². The number of cyclic esters (lactones) is 4. The summed E-state index contributed by atoms with van der Waals surface area (Å²) < 4.78 is 138. The zero-order valence-corrected chi connectivity index (χ0v) is 40.7. The molecule has 4 aliphatic rings. The molecule has 0 unspecified atom stereocenters. The van der Waals surface area contributed by atoms with Gasteiger partial charge in [-0.15, -0.1) is 0 Å². The fourth-order valence-electron chi connectivity index (χ4n) is 6.44. The van der Waals surface area contributed by atoms with Crippen LogP contribution in [0.15, 0.2) is 48.5 Å². The number of aromatic nitrogens is 1. The number of aryl methyl sites for hydroxylation is 1. The van der Waals surface area contributed by atoms with E-state index in [9.17, 15) is 77.9 Å². The molecule has 4 aliphatic heterocycles. The molecule has 5 heterocycles. The minimum Gasteiger partial charge on any atom is -0.480 e. The summed E-state index contributed by atoms with van der Waals surface area (Å²) in [5.74, 6) is -9.89. The molecule has 76 heavy (non-hydrogen) atoms. The van der Waals surface area contributed by atoms with Crippen LogP contribution in [0.1, 0.15) is 11.3 Å². The third-order valence-corrected chi connectivity index (χ3v) is 11.4. The molecule has 0 radical (unpaired) electrons. The number of benzene rings is 3. The Balaban J connectivity index is 0.000000201. The molecule has 4 aromatic rings. The van der Waals surface area contributed by atoms with Crippen molar-refractivity contribution >= 4 is 106 Å². The molecule has 3 aromatic carbocycles. The number of likely N-dealkylation sites (N-methyl/N-ethyl adjacent to an activating group) is 2. The topological polar surface area (TPSA) is 264 Å². The van der Waals surface area contributed by atoms with E-state index in [-0.39, 0.29) is 42.6 Å². The van der Waals surface area contributed by atoms with Crippen molar-refractivity contribution < 1.29 is 102 Å². The molecular weight excluding hydrogens is 1110 g/mol. The molecular formula is C43H34Cl3F9N8O13. The van der Waals surface area contributed by atoms with Gasteiger partial charge in [-0.2, -0.15) is 13.2 Å². The zero-order chi connectivity index (χ0) is 56.7. The van der Waals surface area contributed by atoms with Crippen molar-refractivity contribution in [2.45, 2.75) is 37.3 Å². The molecule has 408 valence electrons. The first kappa shape index (κ1) is 58.9. The summed E-state index contributed by atoms with van der Waals surface area (Å²) in [4.78, 5) is 96.6. The van der Waals surface area contributed by atoms with Crippen LogP contribution in [-0.4, -0.2) is 123 Å². The number of ether oxygens (including phenoxy) is 4. The Labute approximate surface area is 435 Å². The zero-order valence-electron chi connectivity index (χ0n) is 38.4. The van der Waals surface area contributed by atoms with Gasteiger partial charge < -0.3 is 55.1 Å². The van der Waals surface area contributed by atoms with E-state index >= 15 is 0 Å². The number of halogens is 12. The van der Waals surface area contributed by atoms with Crippen LogP contribution < -0.4 is 36.0 Å². The maximum atomic E-state index is 14.3. The number of hydrogen-bond acceptors (Lipinski definition) is 13. The van der Waals surface area contributed by atoms with E-state index in [4.69, 9.17) is 44.6 Å². The number of carboxylic acids is 1. The average molecular weight is 1150 g/mol. The van der Waals surface area contributed by atoms with E-state index in [2.05, 4.69) is 40.5 Å². The van der Waals surface area contributed by atoms with Crippen LogP contribution in [-0.2, 0) is 44.3 Å². The largest absolute Gasteiger partial charge is 0.480 e. The first-order valence-corrected chi connectivity index (χ1v) is 22.0. The van der Waals surface area contributed by atoms with Crippen molar-refractivity contribution in [1.29, 1.82) is 0 Å². The van der Waals surface area contributed by atoms with Crippen LogP contribution in [0, 0.1) is 41.8 Å². The van der Waals surface area contributed by atoms with Crippen LogP contribution in [0.2, 0.25) is 15.1 Å². The fourth-order valence-corrected chi connectivity index (χ4v) is 6.93. The minimum atomic E-state index is -4.71. The summed E-state index contributed by atoms with van der Waals surface area (Å²) in [5.41, 5.74) is -1.96. The number of alkyl halides is 3. The summed E-state index contributed by atoms with van der Waals surface area (Å²) in [6, 6.07) is 3.08. The number of amides is 7. The van der Waals surface area contributed by atoms with Gasteiger partial charge in [0.2, 0.25) is 0 Å². The third kappa shape index (κ3) is 14.0. The number of aliphatic carboxylic acids is 1. The monoisotopic (exact) mass is 1150 g/mol. The van der Waals surface area contributed by atoms with Gasteiger partial charge in [0.15, 0.2) is 29.5 Å². The maximum Gasteiger partial charge on any atom is 0.416 e. The number of pyridine rings is 1. The Hall–Kier alpha value is -7.99. The van der Waals surface area contributed by atoms with Crippen LogP contribution in [0.5, 0.6) is 0 Å². The molecule has 0 aliphatic carbocycles. The Morgan fingerprint density at radius 1 is 0.658 bits per heavy atom. The number of carbonyl (C=O) groups is 8. The predicted octanol–water partition coefficient (Wildman–Crippen LogP) is 6.86. The van der Waals surface area contributed by atoms with Crippen molar-refractivity contribution in [3.05, 3.63) is 110 Å². The lowest BCUT2D eigenvalue weighted by Gasteiger charge is -2.26. The molecule has 1 aromatic heterocycles. The molecule has 21 nitrogen and oxygen atoms in total. The Kier molecular flexibility index (Phi) is 19.0. The molecule has 0 bridgehead atoms. The van der Waals surface area contributed by atoms with E-state index in [0.717, 1.165) is 59.3 Å². The van der Waals surface area contributed by atoms with Crippen LogP contribution in [0.3, 0.4) is 0 Å². The molecule has 0 saturated carbocycles. The van der Waals surface area contributed by atoms with Crippen molar-refractivity contribution in [3.63, 3.8) is 0 Å². The fraction of sp³-hybridized carbons (Fsp3) is 0.279. The highest BCUT2D eigenvalue weighted by Gasteiger charge is 2.44. The number of hydrogen-bond donors (Lipinski definition) is 5. The van der Waals surface area contributed by atoms with Gasteiger partial charge >= 0.3 is 36.5 Å². The summed E-state index contributed by atoms with van der Waals surface area (Å²) in [6.45, 7) is 0.419. The summed E-state index contributed by atoms with van der Waals surface area (Å²) >= 11 is 16.3. The number of rotatable bonds is 8. The molecule has 8 rings (SSSR count). The molecule has 5 N–H and O–H groups in total. The van der Waals surface area contributed by atoms with Crippen molar-refractivity contribution in [2.75, 3.05) is 60.5 Å². The second kappa shape index (κ2) is 24.6. The van der Waals surface area contributed by atoms with Gasteiger partial charge in [0.05, 0.1) is 22.6 Å². The van der Waals surface area contributed by atoms with E-state index in [1.807, 2.05) is 0 Å². The number of nitrogens with one attached hydrogen (secondary N) is 4. The average Bonchev–Trinajstić information content (AvgIpc) is 4.20. The van der Waals surface area contributed by atoms with Crippen molar-refractivity contribution in [2.24, 2.45) is 0 Å². The molecule has 0 spiro atoms. The van der Waals surface area contributed by atoms with Gasteiger partial charge in [-0.1, -0.05) is 34.8 Å². The van der Waals surface area contributed by atoms with Crippen LogP contribution in [0.4, 0.5) is 81.6 Å². The quantitative estimate of drug-likeness (QED) is 0.0686. The lowest BCUT2D eigenvalue weighted by atomic mass is 10.1. The van der Waals surface area contributed by atoms with Crippen molar-refractivity contribution in [3.8, 4) is 0 Å². The Morgan fingerprint density at radius 2 is 1.11 bits per heavy atom. The first-order valence-electron chi connectivity index (χ1n) is 20.8. The number of anilines is 4. The number of alkyl carbamates (subject to hydrolysis) is 3. The molecule has 4 saturated heterocycles. The van der Waals surface area contributed by atoms with Crippen LogP contribution >= 0.6 is 34.8 Å². The van der Waals surface area contributed by atoms with Gasteiger partial charge in [-0.25, -0.2) is 60.2 Å². The highest BCUT2D eigenvalue weighted by Crippen LogP contribution is 2.35. The van der Waals surface area contributed by atoms with Gasteiger partial charge in [0.1, 0.15) is 76.8 Å². The minimum absolute atomic E-state index is 0.0459. The van der Waals surface area contributed by atoms with Gasteiger partial charge in [0, 0.05) is 19.8 Å². The molecule has 4 fully saturated rings. The van der Waals surface area contributed by atoms with E-state index in [1.165, 1.54) is 14.0 Å². The first-order chi connectivity index (χ1) is 35.5. The second-order valence-electron chi connectivity index (χ2n) is 15.4. The second-order valence-corrected chi connectivity index (χ2v) is 16.6. The number of nitrogens with zero attached hydrogens (tertiary/aromatic N) is 4. The molecule has 33 heteroatoms. The smallest absolute Gasteiger partial charge is 0.416 e. The molecule has 7 amide bonds. The third-order valence-electron chi connectivity index (χ3n) is 10.3. The number of carboxylic acid groups (broad SMARTS) is 1. The maximum absolute atomic E-state index is 14.3. The number of carbonyl (C=O) groups excluding carboxylic acids is 7. The lowest BCUT2D eigenvalue weighted by molar-refractivity contribution is -0.139. The predicted molar refractivity (Wildman–Crippen MR) is 244 cm³/mol. The summed E-state index contributed by atoms with van der Waals surface area (Å²) in [5, 5.41) is 14.8. The van der Waals surface area contributed by atoms with E-state index < -0.39 is 146 Å². The van der Waals surface area contributed by atoms with E-state index in [1.54, 1.807) is 0 Å². The summed E-state index contributed by atoms with van der Waals surface area (Å²) in [7, 11) is 2.43. The highest BCUT2D eigenvalue weighted by molar-refractivity contribution is 6.32. The van der Waals surface area contributed by atoms with Gasteiger partial charge in [0.25, 0.3) is 17.7 Å².